The summed E-state index contributed by atoms with van der Waals surface area (Å²) >= 11 is 0. The van der Waals surface area contributed by atoms with Crippen LogP contribution in [0.2, 0.25) is 0 Å². The fourth-order valence-electron chi connectivity index (χ4n) is 1.97. The molecule has 0 aliphatic rings. The first-order valence-electron chi connectivity index (χ1n) is 7.06. The van der Waals surface area contributed by atoms with E-state index in [4.69, 9.17) is 5.11 Å². The topological polar surface area (TPSA) is 49.3 Å². The van der Waals surface area contributed by atoms with Crippen LogP contribution in [0.1, 0.15) is 50.7 Å². The van der Waals surface area contributed by atoms with E-state index in [9.17, 15) is 4.79 Å². The second-order valence-electron chi connectivity index (χ2n) is 5.19. The van der Waals surface area contributed by atoms with Gasteiger partial charge in [-0.05, 0) is 36.8 Å². The van der Waals surface area contributed by atoms with Gasteiger partial charge in [-0.25, -0.2) is 0 Å². The molecule has 1 rings (SSSR count). The highest BCUT2D eigenvalue weighted by Gasteiger charge is 2.11. The van der Waals surface area contributed by atoms with E-state index in [1.165, 1.54) is 11.1 Å². The molecule has 1 aromatic carbocycles. The summed E-state index contributed by atoms with van der Waals surface area (Å²) in [6.07, 6.45) is 1.77. The number of hydrogen-bond acceptors (Lipinski definition) is 2. The lowest BCUT2D eigenvalue weighted by Gasteiger charge is -2.13. The highest BCUT2D eigenvalue weighted by molar-refractivity contribution is 5.76. The molecule has 0 saturated carbocycles. The molecule has 3 nitrogen and oxygen atoms in total. The van der Waals surface area contributed by atoms with Gasteiger partial charge in [0.25, 0.3) is 0 Å². The molecule has 3 heteroatoms. The molecule has 0 radical (unpaired) electrons. The molecule has 0 saturated heterocycles. The first kappa shape index (κ1) is 15.7. The molecule has 1 aromatic rings. The average molecular weight is 263 g/mol. The first-order chi connectivity index (χ1) is 9.02. The molecular weight excluding hydrogens is 238 g/mol. The summed E-state index contributed by atoms with van der Waals surface area (Å²) in [6.45, 7) is 6.46. The number of aliphatic hydroxyl groups excluding tert-OH is 1. The van der Waals surface area contributed by atoms with Crippen molar-refractivity contribution in [2.75, 3.05) is 6.54 Å². The maximum atomic E-state index is 11.7. The van der Waals surface area contributed by atoms with Gasteiger partial charge in [-0.15, -0.1) is 0 Å². The summed E-state index contributed by atoms with van der Waals surface area (Å²) < 4.78 is 0. The Hall–Kier alpha value is -1.35. The van der Waals surface area contributed by atoms with Crippen LogP contribution in [0.5, 0.6) is 0 Å². The summed E-state index contributed by atoms with van der Waals surface area (Å²) in [5.41, 5.74) is 2.51. The van der Waals surface area contributed by atoms with E-state index in [0.717, 1.165) is 6.42 Å². The van der Waals surface area contributed by atoms with Gasteiger partial charge in [-0.2, -0.15) is 0 Å². The Morgan fingerprint density at radius 3 is 2.42 bits per heavy atom. The van der Waals surface area contributed by atoms with Crippen LogP contribution in [0.4, 0.5) is 0 Å². The van der Waals surface area contributed by atoms with Crippen molar-refractivity contribution in [3.05, 3.63) is 35.4 Å². The molecule has 0 aliphatic heterocycles. The number of carbonyl (C=O) groups is 1. The number of benzene rings is 1. The normalized spacial score (nSPS) is 13.9. The zero-order valence-corrected chi connectivity index (χ0v) is 12.1. The molecule has 2 N–H and O–H groups in total. The van der Waals surface area contributed by atoms with Crippen molar-refractivity contribution >= 4 is 5.91 Å². The second-order valence-corrected chi connectivity index (χ2v) is 5.19. The number of amides is 1. The Morgan fingerprint density at radius 2 is 1.89 bits per heavy atom. The van der Waals surface area contributed by atoms with E-state index < -0.39 is 0 Å². The van der Waals surface area contributed by atoms with Crippen molar-refractivity contribution in [1.29, 1.82) is 0 Å². The first-order valence-corrected chi connectivity index (χ1v) is 7.06. The van der Waals surface area contributed by atoms with Gasteiger partial charge in [-0.1, -0.05) is 38.1 Å². The Kier molecular flexibility index (Phi) is 6.57. The summed E-state index contributed by atoms with van der Waals surface area (Å²) in [4.78, 5) is 11.7. The van der Waals surface area contributed by atoms with Crippen LogP contribution < -0.4 is 5.32 Å². The lowest BCUT2D eigenvalue weighted by Crippen LogP contribution is -2.27. The van der Waals surface area contributed by atoms with Crippen LogP contribution in [0, 0.1) is 0 Å². The van der Waals surface area contributed by atoms with Crippen molar-refractivity contribution in [2.45, 2.75) is 52.1 Å². The minimum absolute atomic E-state index is 0.0488. The number of rotatable bonds is 7. The molecular formula is C16H25NO2. The molecule has 106 valence electrons. The van der Waals surface area contributed by atoms with Crippen LogP contribution in [0.15, 0.2) is 24.3 Å². The van der Waals surface area contributed by atoms with Gasteiger partial charge in [0.2, 0.25) is 5.91 Å². The summed E-state index contributed by atoms with van der Waals surface area (Å²) in [5.74, 6) is 0.269. The Morgan fingerprint density at radius 1 is 1.26 bits per heavy atom. The lowest BCUT2D eigenvalue weighted by atomic mass is 9.96. The minimum atomic E-state index is -0.362. The Bertz CT molecular complexity index is 384. The smallest absolute Gasteiger partial charge is 0.220 e. The van der Waals surface area contributed by atoms with E-state index in [2.05, 4.69) is 43.4 Å². The third-order valence-electron chi connectivity index (χ3n) is 3.33. The molecule has 19 heavy (non-hydrogen) atoms. The summed E-state index contributed by atoms with van der Waals surface area (Å²) in [6, 6.07) is 8.45. The zero-order chi connectivity index (χ0) is 14.3. The van der Waals surface area contributed by atoms with E-state index in [1.54, 1.807) is 6.92 Å². The van der Waals surface area contributed by atoms with Crippen molar-refractivity contribution < 1.29 is 9.90 Å². The third-order valence-corrected chi connectivity index (χ3v) is 3.33. The van der Waals surface area contributed by atoms with Crippen LogP contribution >= 0.6 is 0 Å². The molecule has 0 spiro atoms. The second kappa shape index (κ2) is 7.95. The fraction of sp³-hybridized carbons (Fsp3) is 0.562. The molecule has 0 heterocycles. The summed E-state index contributed by atoms with van der Waals surface area (Å²) in [7, 11) is 0. The predicted octanol–water partition coefficient (Wildman–Crippen LogP) is 2.63. The monoisotopic (exact) mass is 263 g/mol. The standard InChI is InChI=1S/C16H25NO2/c1-4-14-5-7-15(8-6-14)12(2)11-16(19)17-10-9-13(3)18/h5-8,12-13,18H,4,9-11H2,1-3H3,(H,17,19). The molecule has 2 unspecified atom stereocenters. The highest BCUT2D eigenvalue weighted by atomic mass is 16.3. The van der Waals surface area contributed by atoms with Crippen LogP contribution in [0.3, 0.4) is 0 Å². The maximum Gasteiger partial charge on any atom is 0.220 e. The van der Waals surface area contributed by atoms with Gasteiger partial charge in [0.15, 0.2) is 0 Å². The number of aliphatic hydroxyl groups is 1. The quantitative estimate of drug-likeness (QED) is 0.794. The fourth-order valence-corrected chi connectivity index (χ4v) is 1.97. The molecule has 1 amide bonds. The van der Waals surface area contributed by atoms with E-state index in [0.29, 0.717) is 19.4 Å². The van der Waals surface area contributed by atoms with Crippen LogP contribution in [-0.2, 0) is 11.2 Å². The van der Waals surface area contributed by atoms with Crippen molar-refractivity contribution in [3.63, 3.8) is 0 Å². The Balaban J connectivity index is 2.40. The zero-order valence-electron chi connectivity index (χ0n) is 12.1. The average Bonchev–Trinajstić information content (AvgIpc) is 2.38. The van der Waals surface area contributed by atoms with Gasteiger partial charge in [0.05, 0.1) is 6.10 Å². The molecule has 0 fully saturated rings. The lowest BCUT2D eigenvalue weighted by molar-refractivity contribution is -0.121. The van der Waals surface area contributed by atoms with E-state index in [1.807, 2.05) is 0 Å². The SMILES string of the molecule is CCc1ccc(C(C)CC(=O)NCCC(C)O)cc1. The van der Waals surface area contributed by atoms with Crippen LogP contribution in [0.25, 0.3) is 0 Å². The molecule has 0 aliphatic carbocycles. The van der Waals surface area contributed by atoms with Crippen molar-refractivity contribution in [3.8, 4) is 0 Å². The van der Waals surface area contributed by atoms with Gasteiger partial charge < -0.3 is 10.4 Å². The van der Waals surface area contributed by atoms with Gasteiger partial charge in [-0.3, -0.25) is 4.79 Å². The predicted molar refractivity (Wildman–Crippen MR) is 78.2 cm³/mol. The maximum absolute atomic E-state index is 11.7. The highest BCUT2D eigenvalue weighted by Crippen LogP contribution is 2.19. The largest absolute Gasteiger partial charge is 0.393 e. The molecule has 2 atom stereocenters. The van der Waals surface area contributed by atoms with Gasteiger partial charge in [0, 0.05) is 13.0 Å². The number of nitrogens with one attached hydrogen (secondary N) is 1. The number of carbonyl (C=O) groups excluding carboxylic acids is 1. The summed E-state index contributed by atoms with van der Waals surface area (Å²) in [5, 5.41) is 12.0. The molecule has 0 bridgehead atoms. The number of aryl methyl sites for hydroxylation is 1. The number of hydrogen-bond donors (Lipinski definition) is 2. The van der Waals surface area contributed by atoms with Crippen molar-refractivity contribution in [2.24, 2.45) is 0 Å². The van der Waals surface area contributed by atoms with Crippen molar-refractivity contribution in [1.82, 2.24) is 5.32 Å². The van der Waals surface area contributed by atoms with E-state index >= 15 is 0 Å². The van der Waals surface area contributed by atoms with Crippen LogP contribution in [-0.4, -0.2) is 23.7 Å². The van der Waals surface area contributed by atoms with Gasteiger partial charge >= 0.3 is 0 Å². The molecule has 0 aromatic heterocycles. The Labute approximate surface area is 116 Å². The minimum Gasteiger partial charge on any atom is -0.393 e. The van der Waals surface area contributed by atoms with Gasteiger partial charge in [0.1, 0.15) is 0 Å². The van der Waals surface area contributed by atoms with E-state index in [-0.39, 0.29) is 17.9 Å². The third kappa shape index (κ3) is 5.88.